The molecule has 0 unspecified atom stereocenters. The second-order valence-electron chi connectivity index (χ2n) is 7.31. The van der Waals surface area contributed by atoms with Crippen LogP contribution in [-0.4, -0.2) is 95.5 Å². The molecule has 0 aromatic carbocycles. The first-order valence-electron chi connectivity index (χ1n) is 12.0. The van der Waals surface area contributed by atoms with Gasteiger partial charge < -0.3 is 29.2 Å². The number of thioether (sulfide) groups is 1. The third-order valence-electron chi connectivity index (χ3n) is 3.99. The van der Waals surface area contributed by atoms with Crippen molar-refractivity contribution in [1.82, 2.24) is 0 Å². The SMILES string of the molecule is C.O=C(S)CCCC(=O)OCCOCCOC(=O)CCCC(=O)S.O=C1CCCC(=O)S1.OCCOCCO. The molecule has 1 fully saturated rings. The van der Waals surface area contributed by atoms with Gasteiger partial charge in [-0.05, 0) is 31.0 Å². The molecule has 0 radical (unpaired) electrons. The second kappa shape index (κ2) is 31.0. The van der Waals surface area contributed by atoms with Crippen molar-refractivity contribution in [3.63, 3.8) is 0 Å². The maximum Gasteiger partial charge on any atom is 0.305 e. The molecule has 15 heteroatoms. The van der Waals surface area contributed by atoms with E-state index in [0.29, 0.717) is 38.9 Å². The molecule has 12 nitrogen and oxygen atoms in total. The topological polar surface area (TPSA) is 180 Å². The molecule has 1 aliphatic rings. The van der Waals surface area contributed by atoms with E-state index < -0.39 is 11.9 Å². The lowest BCUT2D eigenvalue weighted by molar-refractivity contribution is -0.146. The van der Waals surface area contributed by atoms with Gasteiger partial charge in [0, 0.05) is 38.5 Å². The highest BCUT2D eigenvalue weighted by molar-refractivity contribution is 8.26. The molecule has 228 valence electrons. The van der Waals surface area contributed by atoms with E-state index in [1.165, 1.54) is 0 Å². The molecule has 1 aliphatic heterocycles. The minimum atomic E-state index is -0.395. The third kappa shape index (κ3) is 36.5. The molecule has 0 amide bonds. The second-order valence-corrected chi connectivity index (χ2v) is 9.42. The van der Waals surface area contributed by atoms with Crippen LogP contribution in [0.25, 0.3) is 0 Å². The molecule has 0 aromatic rings. The first-order valence-corrected chi connectivity index (χ1v) is 13.7. The Kier molecular flexibility index (Phi) is 33.4. The van der Waals surface area contributed by atoms with Crippen LogP contribution in [0, 0.1) is 0 Å². The number of aliphatic hydroxyl groups is 2. The summed E-state index contributed by atoms with van der Waals surface area (Å²) in [5.41, 5.74) is 0. The number of thiol groups is 2. The van der Waals surface area contributed by atoms with Gasteiger partial charge in [-0.25, -0.2) is 0 Å². The molecule has 0 saturated carbocycles. The lowest BCUT2D eigenvalue weighted by Gasteiger charge is -2.07. The van der Waals surface area contributed by atoms with E-state index in [-0.39, 0.29) is 93.2 Å². The molecule has 0 bridgehead atoms. The molecule has 0 atom stereocenters. The Hall–Kier alpha value is -1.49. The first kappa shape index (κ1) is 42.0. The van der Waals surface area contributed by atoms with Crippen molar-refractivity contribution in [3.8, 4) is 0 Å². The molecular formula is C24H42O12S3. The van der Waals surface area contributed by atoms with Crippen molar-refractivity contribution in [2.24, 2.45) is 0 Å². The number of carbonyl (C=O) groups is 6. The summed E-state index contributed by atoms with van der Waals surface area (Å²) in [5.74, 6) is -0.790. The Balaban J connectivity index is -0.000000655. The molecule has 0 aromatic heterocycles. The van der Waals surface area contributed by atoms with E-state index in [9.17, 15) is 28.8 Å². The van der Waals surface area contributed by atoms with Crippen LogP contribution < -0.4 is 0 Å². The average Bonchev–Trinajstić information content (AvgIpc) is 2.84. The Morgan fingerprint density at radius 2 is 1.05 bits per heavy atom. The first-order chi connectivity index (χ1) is 18.1. The fourth-order valence-corrected chi connectivity index (χ4v) is 3.34. The quantitative estimate of drug-likeness (QED) is 0.0995. The van der Waals surface area contributed by atoms with Gasteiger partial charge >= 0.3 is 11.9 Å². The normalized spacial score (nSPS) is 12.1. The van der Waals surface area contributed by atoms with Gasteiger partial charge in [0.2, 0.25) is 0 Å². The van der Waals surface area contributed by atoms with Crippen LogP contribution in [0.15, 0.2) is 0 Å². The molecular weight excluding hydrogens is 576 g/mol. The van der Waals surface area contributed by atoms with Crippen LogP contribution >= 0.6 is 37.0 Å². The Morgan fingerprint density at radius 1 is 0.667 bits per heavy atom. The summed E-state index contributed by atoms with van der Waals surface area (Å²) in [6.07, 6.45) is 3.55. The number of hydrogen-bond donors (Lipinski definition) is 4. The van der Waals surface area contributed by atoms with Gasteiger partial charge in [0.1, 0.15) is 13.2 Å². The zero-order valence-electron chi connectivity index (χ0n) is 21.3. The maximum atomic E-state index is 11.2. The summed E-state index contributed by atoms with van der Waals surface area (Å²) in [6, 6.07) is 0. The summed E-state index contributed by atoms with van der Waals surface area (Å²) in [4.78, 5) is 64.4. The standard InChI is InChI=1S/C14H22O7S2.C5H6O2S.C4H10O3.CH4/c15-11(3-1-5-13(17)22)20-9-7-19-8-10-21-12(16)4-2-6-14(18)23;6-4-2-1-3-5(7)8-4;5-1-3-7-4-2-6;/h1-10H2,(H,17,22)(H,18,23);1-3H2;5-6H,1-4H2;1H4. The van der Waals surface area contributed by atoms with Crippen molar-refractivity contribution in [1.29, 1.82) is 0 Å². The summed E-state index contributed by atoms with van der Waals surface area (Å²) < 4.78 is 19.5. The Labute approximate surface area is 245 Å². The lowest BCUT2D eigenvalue weighted by atomic mass is 10.2. The van der Waals surface area contributed by atoms with Gasteiger partial charge in [-0.15, -0.1) is 25.3 Å². The van der Waals surface area contributed by atoms with Crippen molar-refractivity contribution >= 4 is 69.4 Å². The van der Waals surface area contributed by atoms with E-state index in [0.717, 1.165) is 18.2 Å². The van der Waals surface area contributed by atoms with E-state index >= 15 is 0 Å². The van der Waals surface area contributed by atoms with Crippen LogP contribution in [0.1, 0.15) is 65.2 Å². The number of ether oxygens (including phenoxy) is 4. The fraction of sp³-hybridized carbons (Fsp3) is 0.750. The lowest BCUT2D eigenvalue weighted by Crippen LogP contribution is -2.14. The van der Waals surface area contributed by atoms with Crippen molar-refractivity contribution in [2.45, 2.75) is 65.2 Å². The van der Waals surface area contributed by atoms with Crippen LogP contribution in [0.2, 0.25) is 0 Å². The predicted octanol–water partition coefficient (Wildman–Crippen LogP) is 1.92. The van der Waals surface area contributed by atoms with Gasteiger partial charge in [0.25, 0.3) is 0 Å². The van der Waals surface area contributed by atoms with Gasteiger partial charge in [0.15, 0.2) is 20.5 Å². The molecule has 39 heavy (non-hydrogen) atoms. The molecule has 1 rings (SSSR count). The van der Waals surface area contributed by atoms with Crippen molar-refractivity contribution < 1.29 is 57.9 Å². The highest BCUT2D eigenvalue weighted by Crippen LogP contribution is 2.19. The summed E-state index contributed by atoms with van der Waals surface area (Å²) in [6.45, 7) is 1.30. The third-order valence-corrected chi connectivity index (χ3v) is 5.30. The Bertz CT molecular complexity index is 650. The van der Waals surface area contributed by atoms with Crippen LogP contribution in [0.3, 0.4) is 0 Å². The monoisotopic (exact) mass is 618 g/mol. The Morgan fingerprint density at radius 3 is 1.36 bits per heavy atom. The van der Waals surface area contributed by atoms with Crippen LogP contribution in [0.5, 0.6) is 0 Å². The zero-order chi connectivity index (χ0) is 29.0. The highest BCUT2D eigenvalue weighted by Gasteiger charge is 2.15. The van der Waals surface area contributed by atoms with Gasteiger partial charge in [0.05, 0.1) is 39.6 Å². The van der Waals surface area contributed by atoms with Gasteiger partial charge in [-0.1, -0.05) is 7.43 Å². The summed E-state index contributed by atoms with van der Waals surface area (Å²) in [5, 5.41) is 15.7. The molecule has 1 heterocycles. The minimum absolute atomic E-state index is 0. The molecule has 0 aliphatic carbocycles. The largest absolute Gasteiger partial charge is 0.463 e. The highest BCUT2D eigenvalue weighted by atomic mass is 32.2. The summed E-state index contributed by atoms with van der Waals surface area (Å²) in [7, 11) is 0. The summed E-state index contributed by atoms with van der Waals surface area (Å²) >= 11 is 8.05. The maximum absolute atomic E-state index is 11.2. The van der Waals surface area contributed by atoms with E-state index in [2.05, 4.69) is 30.0 Å². The molecule has 2 N–H and O–H groups in total. The van der Waals surface area contributed by atoms with E-state index in [1.54, 1.807) is 0 Å². The number of rotatable bonds is 18. The van der Waals surface area contributed by atoms with E-state index in [4.69, 9.17) is 24.4 Å². The van der Waals surface area contributed by atoms with Crippen molar-refractivity contribution in [3.05, 3.63) is 0 Å². The van der Waals surface area contributed by atoms with Crippen LogP contribution in [-0.2, 0) is 47.7 Å². The number of esters is 2. The smallest absolute Gasteiger partial charge is 0.305 e. The minimum Gasteiger partial charge on any atom is -0.463 e. The molecule has 1 saturated heterocycles. The van der Waals surface area contributed by atoms with E-state index in [1.807, 2.05) is 0 Å². The predicted molar refractivity (Wildman–Crippen MR) is 152 cm³/mol. The van der Waals surface area contributed by atoms with Crippen LogP contribution in [0.4, 0.5) is 0 Å². The number of aliphatic hydroxyl groups excluding tert-OH is 2. The zero-order valence-corrected chi connectivity index (χ0v) is 23.9. The molecule has 0 spiro atoms. The van der Waals surface area contributed by atoms with Gasteiger partial charge in [-0.3, -0.25) is 28.8 Å². The average molecular weight is 619 g/mol. The number of hydrogen-bond acceptors (Lipinski definition) is 13. The number of carbonyl (C=O) groups excluding carboxylic acids is 6. The van der Waals surface area contributed by atoms with Crippen molar-refractivity contribution in [2.75, 3.05) is 52.9 Å². The van der Waals surface area contributed by atoms with Gasteiger partial charge in [-0.2, -0.15) is 0 Å². The fourth-order valence-electron chi connectivity index (χ4n) is 2.28.